The molecule has 2 N–H and O–H groups in total. The monoisotopic (exact) mass is 293 g/mol. The van der Waals surface area contributed by atoms with Crippen molar-refractivity contribution in [2.24, 2.45) is 0 Å². The van der Waals surface area contributed by atoms with Gasteiger partial charge in [0.15, 0.2) is 11.5 Å². The zero-order chi connectivity index (χ0) is 15.0. The van der Waals surface area contributed by atoms with Gasteiger partial charge in [-0.25, -0.2) is 0 Å². The molecular formula is C15H13F2NO3. The normalized spacial score (nSPS) is 16.5. The van der Waals surface area contributed by atoms with E-state index in [-0.39, 0.29) is 23.3 Å². The fraction of sp³-hybridized carbons (Fsp3) is 0.200. The van der Waals surface area contributed by atoms with Gasteiger partial charge in [-0.2, -0.15) is 0 Å². The standard InChI is InChI=1S/C15H13F2NO3/c1-9(11-4-2-3-5-12(11)19)18-10-6-7-13-14(8-10)21-15(16,17)20-13/h2-9,18-19H,1H3. The number of hydrogen-bond acceptors (Lipinski definition) is 4. The lowest BCUT2D eigenvalue weighted by molar-refractivity contribution is -0.286. The molecule has 1 unspecified atom stereocenters. The van der Waals surface area contributed by atoms with Crippen LogP contribution in [0.4, 0.5) is 14.5 Å². The summed E-state index contributed by atoms with van der Waals surface area (Å²) < 4.78 is 34.6. The van der Waals surface area contributed by atoms with E-state index in [0.29, 0.717) is 11.3 Å². The highest BCUT2D eigenvalue weighted by atomic mass is 19.3. The Morgan fingerprint density at radius 3 is 2.57 bits per heavy atom. The maximum atomic E-state index is 13.0. The summed E-state index contributed by atoms with van der Waals surface area (Å²) in [6.07, 6.45) is -3.62. The summed E-state index contributed by atoms with van der Waals surface area (Å²) in [5, 5.41) is 12.9. The van der Waals surface area contributed by atoms with E-state index in [4.69, 9.17) is 0 Å². The van der Waals surface area contributed by atoms with Gasteiger partial charge in [0.25, 0.3) is 0 Å². The van der Waals surface area contributed by atoms with Crippen molar-refractivity contribution >= 4 is 5.69 Å². The minimum absolute atomic E-state index is 0.000705. The average Bonchev–Trinajstić information content (AvgIpc) is 2.72. The van der Waals surface area contributed by atoms with Crippen LogP contribution in [0.25, 0.3) is 0 Å². The van der Waals surface area contributed by atoms with Crippen molar-refractivity contribution in [3.05, 3.63) is 48.0 Å². The highest BCUT2D eigenvalue weighted by molar-refractivity contribution is 5.57. The van der Waals surface area contributed by atoms with Crippen molar-refractivity contribution in [1.82, 2.24) is 0 Å². The number of rotatable bonds is 3. The number of alkyl halides is 2. The Bertz CT molecular complexity index is 676. The molecule has 0 saturated carbocycles. The summed E-state index contributed by atoms with van der Waals surface area (Å²) in [5.74, 6) is 0.153. The summed E-state index contributed by atoms with van der Waals surface area (Å²) in [6.45, 7) is 1.86. The van der Waals surface area contributed by atoms with Crippen LogP contribution < -0.4 is 14.8 Å². The van der Waals surface area contributed by atoms with Crippen molar-refractivity contribution in [3.63, 3.8) is 0 Å². The first-order valence-electron chi connectivity index (χ1n) is 6.39. The lowest BCUT2D eigenvalue weighted by Gasteiger charge is -2.17. The number of nitrogens with one attached hydrogen (secondary N) is 1. The van der Waals surface area contributed by atoms with Crippen LogP contribution in [0, 0.1) is 0 Å². The molecule has 3 rings (SSSR count). The van der Waals surface area contributed by atoms with E-state index in [2.05, 4.69) is 14.8 Å². The molecule has 1 heterocycles. The predicted octanol–water partition coefficient (Wildman–Crippen LogP) is 3.89. The van der Waals surface area contributed by atoms with Gasteiger partial charge < -0.3 is 19.9 Å². The lowest BCUT2D eigenvalue weighted by Crippen LogP contribution is -2.25. The minimum atomic E-state index is -3.62. The van der Waals surface area contributed by atoms with Crippen LogP contribution in [0.5, 0.6) is 17.2 Å². The van der Waals surface area contributed by atoms with E-state index in [1.54, 1.807) is 24.3 Å². The molecule has 2 aromatic carbocycles. The fourth-order valence-electron chi connectivity index (χ4n) is 2.22. The van der Waals surface area contributed by atoms with Crippen LogP contribution >= 0.6 is 0 Å². The number of para-hydroxylation sites is 1. The molecule has 1 aliphatic heterocycles. The molecular weight excluding hydrogens is 280 g/mol. The number of phenolic OH excluding ortho intramolecular Hbond substituents is 1. The van der Waals surface area contributed by atoms with Crippen molar-refractivity contribution in [1.29, 1.82) is 0 Å². The Morgan fingerprint density at radius 1 is 1.10 bits per heavy atom. The summed E-state index contributed by atoms with van der Waals surface area (Å²) in [4.78, 5) is 0. The molecule has 0 bridgehead atoms. The quantitative estimate of drug-likeness (QED) is 0.901. The Hall–Kier alpha value is -2.50. The van der Waals surface area contributed by atoms with Gasteiger partial charge in [0.1, 0.15) is 5.75 Å². The summed E-state index contributed by atoms with van der Waals surface area (Å²) in [7, 11) is 0. The number of fused-ring (bicyclic) bond motifs is 1. The molecule has 6 heteroatoms. The number of phenols is 1. The molecule has 4 nitrogen and oxygen atoms in total. The van der Waals surface area contributed by atoms with Gasteiger partial charge in [-0.05, 0) is 25.1 Å². The summed E-state index contributed by atoms with van der Waals surface area (Å²) in [6, 6.07) is 11.2. The third-order valence-corrected chi connectivity index (χ3v) is 3.19. The van der Waals surface area contributed by atoms with Crippen molar-refractivity contribution < 1.29 is 23.4 Å². The fourth-order valence-corrected chi connectivity index (χ4v) is 2.22. The Balaban J connectivity index is 1.79. The van der Waals surface area contributed by atoms with Crippen LogP contribution in [-0.4, -0.2) is 11.4 Å². The number of aromatic hydroxyl groups is 1. The molecule has 0 radical (unpaired) electrons. The van der Waals surface area contributed by atoms with Gasteiger partial charge in [-0.15, -0.1) is 8.78 Å². The zero-order valence-electron chi connectivity index (χ0n) is 11.1. The van der Waals surface area contributed by atoms with Crippen LogP contribution in [0.15, 0.2) is 42.5 Å². The third kappa shape index (κ3) is 2.69. The smallest absolute Gasteiger partial charge is 0.508 e. The first-order chi connectivity index (χ1) is 9.94. The molecule has 0 aromatic heterocycles. The first-order valence-corrected chi connectivity index (χ1v) is 6.39. The van der Waals surface area contributed by atoms with Crippen LogP contribution in [0.3, 0.4) is 0 Å². The number of ether oxygens (including phenoxy) is 2. The second-order valence-electron chi connectivity index (χ2n) is 4.75. The van der Waals surface area contributed by atoms with Gasteiger partial charge in [-0.1, -0.05) is 18.2 Å². The van der Waals surface area contributed by atoms with Gasteiger partial charge >= 0.3 is 6.29 Å². The second kappa shape index (κ2) is 4.80. The van der Waals surface area contributed by atoms with Crippen LogP contribution in [0.1, 0.15) is 18.5 Å². The van der Waals surface area contributed by atoms with E-state index in [1.165, 1.54) is 12.1 Å². The summed E-state index contributed by atoms with van der Waals surface area (Å²) >= 11 is 0. The van der Waals surface area contributed by atoms with Gasteiger partial charge in [0.05, 0.1) is 6.04 Å². The molecule has 0 spiro atoms. The van der Waals surface area contributed by atoms with Gasteiger partial charge in [-0.3, -0.25) is 0 Å². The molecule has 0 amide bonds. The molecule has 0 saturated heterocycles. The zero-order valence-corrected chi connectivity index (χ0v) is 11.1. The highest BCUT2D eigenvalue weighted by Gasteiger charge is 2.43. The first kappa shape index (κ1) is 13.5. The largest absolute Gasteiger partial charge is 0.586 e. The maximum absolute atomic E-state index is 13.0. The van der Waals surface area contributed by atoms with E-state index < -0.39 is 6.29 Å². The van der Waals surface area contributed by atoms with E-state index in [9.17, 15) is 13.9 Å². The van der Waals surface area contributed by atoms with Crippen LogP contribution in [-0.2, 0) is 0 Å². The average molecular weight is 293 g/mol. The van der Waals surface area contributed by atoms with Crippen molar-refractivity contribution in [3.8, 4) is 17.2 Å². The Kier molecular flexibility index (Phi) is 3.08. The molecule has 0 fully saturated rings. The number of benzene rings is 2. The molecule has 0 aliphatic carbocycles. The van der Waals surface area contributed by atoms with E-state index >= 15 is 0 Å². The SMILES string of the molecule is CC(Nc1ccc2c(c1)OC(F)(F)O2)c1ccccc1O. The third-order valence-electron chi connectivity index (χ3n) is 3.19. The predicted molar refractivity (Wildman–Crippen MR) is 72.8 cm³/mol. The Morgan fingerprint density at radius 2 is 1.81 bits per heavy atom. The molecule has 1 aliphatic rings. The molecule has 2 aromatic rings. The molecule has 110 valence electrons. The van der Waals surface area contributed by atoms with E-state index in [0.717, 1.165) is 0 Å². The van der Waals surface area contributed by atoms with Gasteiger partial charge in [0.2, 0.25) is 0 Å². The number of halogens is 2. The highest BCUT2D eigenvalue weighted by Crippen LogP contribution is 2.42. The van der Waals surface area contributed by atoms with E-state index in [1.807, 2.05) is 13.0 Å². The molecule has 1 atom stereocenters. The van der Waals surface area contributed by atoms with Crippen molar-refractivity contribution in [2.45, 2.75) is 19.3 Å². The van der Waals surface area contributed by atoms with Gasteiger partial charge in [0, 0.05) is 17.3 Å². The van der Waals surface area contributed by atoms with Crippen LogP contribution in [0.2, 0.25) is 0 Å². The minimum Gasteiger partial charge on any atom is -0.508 e. The summed E-state index contributed by atoms with van der Waals surface area (Å²) in [5.41, 5.74) is 1.30. The maximum Gasteiger partial charge on any atom is 0.586 e. The Labute approximate surface area is 119 Å². The van der Waals surface area contributed by atoms with Crippen molar-refractivity contribution in [2.75, 3.05) is 5.32 Å². The second-order valence-corrected chi connectivity index (χ2v) is 4.75. The number of anilines is 1. The molecule has 21 heavy (non-hydrogen) atoms. The number of hydrogen-bond donors (Lipinski definition) is 2. The topological polar surface area (TPSA) is 50.7 Å². The lowest BCUT2D eigenvalue weighted by atomic mass is 10.1.